The van der Waals surface area contributed by atoms with Crippen LogP contribution in [0.25, 0.3) is 10.8 Å². The van der Waals surface area contributed by atoms with E-state index in [1.807, 2.05) is 22.9 Å². The number of thiophene rings is 1. The standard InChI is InChI=1S/C10H8O2S/c1-12-10(11)8-4-2-3-7-5-13-6-9(7)8/h2-6H,1H3. The number of esters is 1. The van der Waals surface area contributed by atoms with Crippen LogP contribution in [-0.2, 0) is 4.74 Å². The van der Waals surface area contributed by atoms with Crippen molar-refractivity contribution in [1.82, 2.24) is 0 Å². The van der Waals surface area contributed by atoms with Crippen molar-refractivity contribution in [2.75, 3.05) is 7.11 Å². The summed E-state index contributed by atoms with van der Waals surface area (Å²) in [5, 5.41) is 6.04. The third kappa shape index (κ3) is 1.31. The molecule has 66 valence electrons. The van der Waals surface area contributed by atoms with Crippen molar-refractivity contribution in [2.45, 2.75) is 0 Å². The van der Waals surface area contributed by atoms with Crippen LogP contribution < -0.4 is 0 Å². The summed E-state index contributed by atoms with van der Waals surface area (Å²) in [6.07, 6.45) is 0. The maximum Gasteiger partial charge on any atom is 0.338 e. The summed E-state index contributed by atoms with van der Waals surface area (Å²) in [6.45, 7) is 0. The van der Waals surface area contributed by atoms with Crippen molar-refractivity contribution < 1.29 is 9.53 Å². The number of rotatable bonds is 1. The third-order valence-corrected chi connectivity index (χ3v) is 2.69. The molecule has 0 saturated carbocycles. The van der Waals surface area contributed by atoms with Gasteiger partial charge in [-0.05, 0) is 22.2 Å². The summed E-state index contributed by atoms with van der Waals surface area (Å²) in [7, 11) is 1.40. The second-order valence-corrected chi connectivity index (χ2v) is 3.42. The molecule has 0 spiro atoms. The fraction of sp³-hybridized carbons (Fsp3) is 0.100. The number of carbonyl (C=O) groups excluding carboxylic acids is 1. The monoisotopic (exact) mass is 192 g/mol. The number of carbonyl (C=O) groups is 1. The Hall–Kier alpha value is -1.35. The van der Waals surface area contributed by atoms with Crippen LogP contribution in [0, 0.1) is 0 Å². The molecule has 3 heteroatoms. The van der Waals surface area contributed by atoms with Gasteiger partial charge in [-0.2, -0.15) is 11.3 Å². The number of methoxy groups -OCH3 is 1. The quantitative estimate of drug-likeness (QED) is 0.649. The van der Waals surface area contributed by atoms with E-state index in [9.17, 15) is 4.79 Å². The van der Waals surface area contributed by atoms with Crippen LogP contribution >= 0.6 is 11.3 Å². The second-order valence-electron chi connectivity index (χ2n) is 2.67. The van der Waals surface area contributed by atoms with Gasteiger partial charge >= 0.3 is 5.97 Å². The highest BCUT2D eigenvalue weighted by Crippen LogP contribution is 2.23. The van der Waals surface area contributed by atoms with Crippen LogP contribution in [-0.4, -0.2) is 13.1 Å². The molecule has 0 amide bonds. The topological polar surface area (TPSA) is 26.3 Å². The lowest BCUT2D eigenvalue weighted by Crippen LogP contribution is -2.00. The van der Waals surface area contributed by atoms with Crippen LogP contribution in [0.2, 0.25) is 0 Å². The van der Waals surface area contributed by atoms with Gasteiger partial charge in [0.1, 0.15) is 0 Å². The SMILES string of the molecule is COC(=O)c1cccc2cscc12. The smallest absolute Gasteiger partial charge is 0.338 e. The molecule has 0 atom stereocenters. The van der Waals surface area contributed by atoms with Crippen molar-refractivity contribution in [3.8, 4) is 0 Å². The first-order valence-corrected chi connectivity index (χ1v) is 4.80. The molecule has 2 nitrogen and oxygen atoms in total. The Bertz CT molecular complexity index is 445. The van der Waals surface area contributed by atoms with E-state index >= 15 is 0 Å². The Kier molecular flexibility index (Phi) is 2.02. The van der Waals surface area contributed by atoms with Gasteiger partial charge in [0.2, 0.25) is 0 Å². The maximum atomic E-state index is 11.3. The highest BCUT2D eigenvalue weighted by molar-refractivity contribution is 7.09. The Morgan fingerprint density at radius 3 is 3.00 bits per heavy atom. The first-order chi connectivity index (χ1) is 6.33. The molecule has 1 heterocycles. The first kappa shape index (κ1) is 8.26. The molecule has 0 aliphatic heterocycles. The van der Waals surface area contributed by atoms with E-state index in [2.05, 4.69) is 4.74 Å². The molecule has 0 fully saturated rings. The Morgan fingerprint density at radius 1 is 1.38 bits per heavy atom. The van der Waals surface area contributed by atoms with Gasteiger partial charge in [-0.25, -0.2) is 4.79 Å². The maximum absolute atomic E-state index is 11.3. The number of hydrogen-bond donors (Lipinski definition) is 0. The third-order valence-electron chi connectivity index (χ3n) is 1.93. The van der Waals surface area contributed by atoms with E-state index in [0.29, 0.717) is 5.56 Å². The number of hydrogen-bond acceptors (Lipinski definition) is 3. The fourth-order valence-electron chi connectivity index (χ4n) is 1.28. The van der Waals surface area contributed by atoms with Gasteiger partial charge in [0.25, 0.3) is 0 Å². The molecule has 0 radical (unpaired) electrons. The Labute approximate surface area is 79.8 Å². The lowest BCUT2D eigenvalue weighted by molar-refractivity contribution is 0.0603. The predicted octanol–water partition coefficient (Wildman–Crippen LogP) is 2.69. The minimum Gasteiger partial charge on any atom is -0.465 e. The summed E-state index contributed by atoms with van der Waals surface area (Å²) < 4.78 is 4.68. The molecule has 0 N–H and O–H groups in total. The summed E-state index contributed by atoms with van der Waals surface area (Å²) in [6, 6.07) is 5.63. The van der Waals surface area contributed by atoms with Crippen molar-refractivity contribution in [3.05, 3.63) is 34.5 Å². The molecule has 0 aliphatic rings. The largest absolute Gasteiger partial charge is 0.465 e. The number of fused-ring (bicyclic) bond motifs is 1. The summed E-state index contributed by atoms with van der Waals surface area (Å²) in [5.41, 5.74) is 0.640. The zero-order chi connectivity index (χ0) is 9.26. The summed E-state index contributed by atoms with van der Waals surface area (Å²) >= 11 is 1.59. The van der Waals surface area contributed by atoms with Crippen LogP contribution in [0.4, 0.5) is 0 Å². The van der Waals surface area contributed by atoms with Gasteiger partial charge in [-0.3, -0.25) is 0 Å². The molecule has 2 rings (SSSR count). The Balaban J connectivity index is 2.67. The molecule has 0 bridgehead atoms. The lowest BCUT2D eigenvalue weighted by Gasteiger charge is -1.99. The molecule has 0 unspecified atom stereocenters. The average Bonchev–Trinajstić information content (AvgIpc) is 2.63. The van der Waals surface area contributed by atoms with Crippen LogP contribution in [0.1, 0.15) is 10.4 Å². The van der Waals surface area contributed by atoms with Crippen LogP contribution in [0.5, 0.6) is 0 Å². The molecule has 1 aromatic carbocycles. The van der Waals surface area contributed by atoms with Gasteiger partial charge < -0.3 is 4.74 Å². The minimum absolute atomic E-state index is 0.274. The molecule has 1 aromatic heterocycles. The highest BCUT2D eigenvalue weighted by Gasteiger charge is 2.09. The second kappa shape index (κ2) is 3.18. The molecular weight excluding hydrogens is 184 g/mol. The van der Waals surface area contributed by atoms with Crippen molar-refractivity contribution in [2.24, 2.45) is 0 Å². The molecule has 2 aromatic rings. The van der Waals surface area contributed by atoms with Gasteiger partial charge in [0.15, 0.2) is 0 Å². The molecule has 13 heavy (non-hydrogen) atoms. The van der Waals surface area contributed by atoms with Gasteiger partial charge in [0.05, 0.1) is 12.7 Å². The number of benzene rings is 1. The molecule has 0 saturated heterocycles. The molecule has 0 aliphatic carbocycles. The van der Waals surface area contributed by atoms with E-state index in [4.69, 9.17) is 0 Å². The van der Waals surface area contributed by atoms with Gasteiger partial charge in [0, 0.05) is 5.39 Å². The van der Waals surface area contributed by atoms with Crippen LogP contribution in [0.15, 0.2) is 29.0 Å². The lowest BCUT2D eigenvalue weighted by atomic mass is 10.1. The zero-order valence-electron chi connectivity index (χ0n) is 7.11. The van der Waals surface area contributed by atoms with Gasteiger partial charge in [-0.15, -0.1) is 0 Å². The van der Waals surface area contributed by atoms with Crippen molar-refractivity contribution in [3.63, 3.8) is 0 Å². The van der Waals surface area contributed by atoms with E-state index in [1.165, 1.54) is 7.11 Å². The highest BCUT2D eigenvalue weighted by atomic mass is 32.1. The van der Waals surface area contributed by atoms with E-state index in [1.54, 1.807) is 17.4 Å². The summed E-state index contributed by atoms with van der Waals surface area (Å²) in [4.78, 5) is 11.3. The van der Waals surface area contributed by atoms with Gasteiger partial charge in [-0.1, -0.05) is 12.1 Å². The number of ether oxygens (including phenoxy) is 1. The molecular formula is C10H8O2S. The average molecular weight is 192 g/mol. The first-order valence-electron chi connectivity index (χ1n) is 3.86. The normalized spacial score (nSPS) is 10.2. The van der Waals surface area contributed by atoms with E-state index in [0.717, 1.165) is 10.8 Å². The summed E-state index contributed by atoms with van der Waals surface area (Å²) in [5.74, 6) is -0.274. The van der Waals surface area contributed by atoms with Crippen molar-refractivity contribution >= 4 is 28.1 Å². The zero-order valence-corrected chi connectivity index (χ0v) is 7.93. The Morgan fingerprint density at radius 2 is 2.23 bits per heavy atom. The van der Waals surface area contributed by atoms with E-state index in [-0.39, 0.29) is 5.97 Å². The van der Waals surface area contributed by atoms with Crippen molar-refractivity contribution in [1.29, 1.82) is 0 Å². The van der Waals surface area contributed by atoms with E-state index < -0.39 is 0 Å². The predicted molar refractivity (Wildman–Crippen MR) is 53.2 cm³/mol. The minimum atomic E-state index is -0.274. The van der Waals surface area contributed by atoms with Crippen LogP contribution in [0.3, 0.4) is 0 Å². The fourth-order valence-corrected chi connectivity index (χ4v) is 2.10.